The molecule has 0 spiro atoms. The highest BCUT2D eigenvalue weighted by atomic mass is 16.6. The van der Waals surface area contributed by atoms with Gasteiger partial charge in [0.15, 0.2) is 0 Å². The molecule has 0 saturated heterocycles. The Labute approximate surface area is 221 Å². The van der Waals surface area contributed by atoms with E-state index in [1.165, 1.54) is 0 Å². The van der Waals surface area contributed by atoms with E-state index < -0.39 is 5.60 Å². The Balaban J connectivity index is 1.33. The van der Waals surface area contributed by atoms with Crippen molar-refractivity contribution < 1.29 is 28.8 Å². The minimum absolute atomic E-state index is 0.536. The number of hydrogen-bond acceptors (Lipinski definition) is 6. The minimum atomic E-state index is -1.21. The lowest BCUT2D eigenvalue weighted by Crippen LogP contribution is -2.28. The normalized spacial score (nSPS) is 11.6. The molecule has 0 amide bonds. The number of ether oxygens (including phenoxy) is 5. The first-order valence-electron chi connectivity index (χ1n) is 13.1. The van der Waals surface area contributed by atoms with Crippen molar-refractivity contribution in [1.82, 2.24) is 0 Å². The molecule has 1 N–H and O–H groups in total. The second kappa shape index (κ2) is 17.0. The average molecular weight is 509 g/mol. The fourth-order valence-electron chi connectivity index (χ4n) is 3.99. The highest BCUT2D eigenvalue weighted by Gasteiger charge is 2.33. The van der Waals surface area contributed by atoms with Crippen LogP contribution in [-0.2, 0) is 35.7 Å². The first-order chi connectivity index (χ1) is 18.2. The predicted molar refractivity (Wildman–Crippen MR) is 145 cm³/mol. The van der Waals surface area contributed by atoms with Gasteiger partial charge in [-0.1, -0.05) is 84.9 Å². The zero-order valence-electron chi connectivity index (χ0n) is 21.8. The van der Waals surface area contributed by atoms with E-state index in [0.29, 0.717) is 66.1 Å². The third kappa shape index (κ3) is 9.67. The van der Waals surface area contributed by atoms with Crippen LogP contribution < -0.4 is 0 Å². The van der Waals surface area contributed by atoms with E-state index in [-0.39, 0.29) is 0 Å². The molecule has 0 aliphatic rings. The van der Waals surface area contributed by atoms with Crippen LogP contribution in [-0.4, -0.2) is 71.2 Å². The van der Waals surface area contributed by atoms with Crippen molar-refractivity contribution in [3.05, 3.63) is 107 Å². The lowest BCUT2D eigenvalue weighted by molar-refractivity contribution is -0.00998. The van der Waals surface area contributed by atoms with Crippen LogP contribution in [0.25, 0.3) is 0 Å². The van der Waals surface area contributed by atoms with Crippen LogP contribution >= 0.6 is 0 Å². The molecular weight excluding hydrogens is 468 g/mol. The molecular formula is C31H40O6. The molecule has 200 valence electrons. The van der Waals surface area contributed by atoms with Gasteiger partial charge in [0.1, 0.15) is 5.60 Å². The molecule has 6 nitrogen and oxygen atoms in total. The van der Waals surface area contributed by atoms with E-state index in [1.807, 2.05) is 79.7 Å². The SMILES string of the molecule is CCOCCOCCOCCOCCOCCc1ccc(C(O)(c2ccccc2)c2ccccc2)cc1. The van der Waals surface area contributed by atoms with E-state index in [0.717, 1.165) is 28.7 Å². The molecule has 0 heterocycles. The highest BCUT2D eigenvalue weighted by Crippen LogP contribution is 2.36. The number of rotatable bonds is 19. The van der Waals surface area contributed by atoms with Crippen LogP contribution in [0.5, 0.6) is 0 Å². The lowest BCUT2D eigenvalue weighted by Gasteiger charge is -2.30. The molecule has 0 atom stereocenters. The van der Waals surface area contributed by atoms with Crippen LogP contribution in [0.4, 0.5) is 0 Å². The second-order valence-electron chi connectivity index (χ2n) is 8.54. The summed E-state index contributed by atoms with van der Waals surface area (Å²) in [6, 6.07) is 27.7. The van der Waals surface area contributed by atoms with Crippen LogP contribution in [0, 0.1) is 0 Å². The maximum Gasteiger partial charge on any atom is 0.140 e. The van der Waals surface area contributed by atoms with Crippen LogP contribution in [0.1, 0.15) is 29.2 Å². The Bertz CT molecular complexity index is 923. The molecule has 0 aliphatic carbocycles. The molecule has 0 bridgehead atoms. The summed E-state index contributed by atoms with van der Waals surface area (Å²) < 4.78 is 27.3. The van der Waals surface area contributed by atoms with Crippen molar-refractivity contribution in [3.8, 4) is 0 Å². The predicted octanol–water partition coefficient (Wildman–Crippen LogP) is 4.62. The zero-order chi connectivity index (χ0) is 26.0. The molecule has 0 unspecified atom stereocenters. The smallest absolute Gasteiger partial charge is 0.140 e. The lowest BCUT2D eigenvalue weighted by atomic mass is 9.80. The van der Waals surface area contributed by atoms with E-state index in [9.17, 15) is 5.11 Å². The fourth-order valence-corrected chi connectivity index (χ4v) is 3.99. The third-order valence-electron chi connectivity index (χ3n) is 5.98. The van der Waals surface area contributed by atoms with Gasteiger partial charge < -0.3 is 28.8 Å². The van der Waals surface area contributed by atoms with Crippen molar-refractivity contribution in [3.63, 3.8) is 0 Å². The van der Waals surface area contributed by atoms with Crippen molar-refractivity contribution in [2.24, 2.45) is 0 Å². The molecule has 3 rings (SSSR count). The summed E-state index contributed by atoms with van der Waals surface area (Å²) in [6.07, 6.45) is 0.793. The Hall–Kier alpha value is -2.58. The van der Waals surface area contributed by atoms with Crippen LogP contribution in [0.15, 0.2) is 84.9 Å². The summed E-state index contributed by atoms with van der Waals surface area (Å²) in [5.41, 5.74) is 2.46. The van der Waals surface area contributed by atoms with Crippen molar-refractivity contribution in [2.75, 3.05) is 66.1 Å². The summed E-state index contributed by atoms with van der Waals surface area (Å²) in [4.78, 5) is 0. The number of benzene rings is 3. The quantitative estimate of drug-likeness (QED) is 0.188. The second-order valence-corrected chi connectivity index (χ2v) is 8.54. The average Bonchev–Trinajstić information content (AvgIpc) is 2.96. The van der Waals surface area contributed by atoms with Gasteiger partial charge in [-0.15, -0.1) is 0 Å². The zero-order valence-corrected chi connectivity index (χ0v) is 21.8. The summed E-state index contributed by atoms with van der Waals surface area (Å²) >= 11 is 0. The molecule has 3 aromatic carbocycles. The largest absolute Gasteiger partial charge is 0.379 e. The van der Waals surface area contributed by atoms with Crippen LogP contribution in [0.2, 0.25) is 0 Å². The summed E-state index contributed by atoms with van der Waals surface area (Å²) in [6.45, 7) is 7.78. The Morgan fingerprint density at radius 2 is 0.865 bits per heavy atom. The van der Waals surface area contributed by atoms with Crippen LogP contribution in [0.3, 0.4) is 0 Å². The van der Waals surface area contributed by atoms with Gasteiger partial charge in [-0.3, -0.25) is 0 Å². The highest BCUT2D eigenvalue weighted by molar-refractivity contribution is 5.47. The Morgan fingerprint density at radius 1 is 0.486 bits per heavy atom. The van der Waals surface area contributed by atoms with Gasteiger partial charge in [0, 0.05) is 6.61 Å². The van der Waals surface area contributed by atoms with Gasteiger partial charge in [-0.25, -0.2) is 0 Å². The maximum absolute atomic E-state index is 11.9. The molecule has 0 aromatic heterocycles. The van der Waals surface area contributed by atoms with E-state index in [4.69, 9.17) is 23.7 Å². The molecule has 0 aliphatic heterocycles. The summed E-state index contributed by atoms with van der Waals surface area (Å²) in [7, 11) is 0. The molecule has 6 heteroatoms. The first-order valence-corrected chi connectivity index (χ1v) is 13.1. The van der Waals surface area contributed by atoms with Gasteiger partial charge in [0.2, 0.25) is 0 Å². The monoisotopic (exact) mass is 508 g/mol. The molecule has 3 aromatic rings. The molecule has 37 heavy (non-hydrogen) atoms. The van der Waals surface area contributed by atoms with Crippen molar-refractivity contribution in [1.29, 1.82) is 0 Å². The topological polar surface area (TPSA) is 66.4 Å². The maximum atomic E-state index is 11.9. The molecule has 0 radical (unpaired) electrons. The fraction of sp³-hybridized carbons (Fsp3) is 0.419. The molecule has 0 saturated carbocycles. The first kappa shape index (κ1) is 29.0. The van der Waals surface area contributed by atoms with Gasteiger partial charge in [0.05, 0.1) is 59.5 Å². The standard InChI is InChI=1S/C31H40O6/c1-2-33-19-20-35-23-24-37-26-25-36-22-21-34-18-17-27-13-15-30(16-14-27)31(32,28-9-5-3-6-10-28)29-11-7-4-8-12-29/h3-16,32H,2,17-26H2,1H3. The van der Waals surface area contributed by atoms with E-state index in [1.54, 1.807) is 0 Å². The van der Waals surface area contributed by atoms with Gasteiger partial charge in [0.25, 0.3) is 0 Å². The Morgan fingerprint density at radius 3 is 1.30 bits per heavy atom. The third-order valence-corrected chi connectivity index (χ3v) is 5.98. The summed E-state index contributed by atoms with van der Waals surface area (Å²) in [5.74, 6) is 0. The van der Waals surface area contributed by atoms with Gasteiger partial charge in [-0.05, 0) is 35.6 Å². The minimum Gasteiger partial charge on any atom is -0.379 e. The van der Waals surface area contributed by atoms with Gasteiger partial charge >= 0.3 is 0 Å². The van der Waals surface area contributed by atoms with E-state index in [2.05, 4.69) is 12.1 Å². The number of aliphatic hydroxyl groups is 1. The van der Waals surface area contributed by atoms with E-state index >= 15 is 0 Å². The molecule has 0 fully saturated rings. The van der Waals surface area contributed by atoms with Gasteiger partial charge in [-0.2, -0.15) is 0 Å². The Kier molecular flexibility index (Phi) is 13.3. The number of hydrogen-bond donors (Lipinski definition) is 1. The van der Waals surface area contributed by atoms with Crippen molar-refractivity contribution >= 4 is 0 Å². The van der Waals surface area contributed by atoms with Crippen molar-refractivity contribution in [2.45, 2.75) is 18.9 Å². The summed E-state index contributed by atoms with van der Waals surface area (Å²) in [5, 5.41) is 11.9.